The molecule has 4 rings (SSSR count). The van der Waals surface area contributed by atoms with E-state index in [4.69, 9.17) is 9.15 Å². The average molecular weight is 382 g/mol. The fourth-order valence-corrected chi connectivity index (χ4v) is 3.75. The largest absolute Gasteiger partial charge is 0.485 e. The van der Waals surface area contributed by atoms with Crippen molar-refractivity contribution in [2.75, 3.05) is 31.6 Å². The van der Waals surface area contributed by atoms with Gasteiger partial charge in [0.25, 0.3) is 5.91 Å². The molecule has 1 atom stereocenters. The Hall–Kier alpha value is -3.02. The molecule has 0 spiro atoms. The highest BCUT2D eigenvalue weighted by Crippen LogP contribution is 2.33. The van der Waals surface area contributed by atoms with Crippen LogP contribution >= 0.6 is 0 Å². The number of nitrogens with zero attached hydrogens (tertiary/aromatic N) is 2. The molecule has 5 nitrogen and oxygen atoms in total. The normalized spacial score (nSPS) is 16.0. The number of carbonyl (C=O) groups is 1. The summed E-state index contributed by atoms with van der Waals surface area (Å²) in [5, 5.41) is 0.622. The van der Waals surface area contributed by atoms with Crippen LogP contribution in [0.4, 0.5) is 10.1 Å². The third-order valence-electron chi connectivity index (χ3n) is 5.24. The van der Waals surface area contributed by atoms with Gasteiger partial charge in [-0.1, -0.05) is 24.3 Å². The Kier molecular flexibility index (Phi) is 4.71. The highest BCUT2D eigenvalue weighted by molar-refractivity contribution is 5.98. The molecule has 0 N–H and O–H groups in total. The van der Waals surface area contributed by atoms with Crippen molar-refractivity contribution in [3.05, 3.63) is 59.6 Å². The predicted octanol–water partition coefficient (Wildman–Crippen LogP) is 4.24. The summed E-state index contributed by atoms with van der Waals surface area (Å²) in [5.74, 6) is 0.251. The summed E-state index contributed by atoms with van der Waals surface area (Å²) in [5.41, 5.74) is 1.84. The number of anilines is 1. The average Bonchev–Trinajstić information content (AvgIpc) is 3.04. The Morgan fingerprint density at radius 2 is 2.04 bits per heavy atom. The van der Waals surface area contributed by atoms with Crippen LogP contribution in [0.5, 0.6) is 5.75 Å². The quantitative estimate of drug-likeness (QED) is 0.677. The van der Waals surface area contributed by atoms with Gasteiger partial charge in [0, 0.05) is 24.5 Å². The van der Waals surface area contributed by atoms with Gasteiger partial charge >= 0.3 is 0 Å². The molecule has 0 fully saturated rings. The number of para-hydroxylation sites is 3. The number of carbonyl (C=O) groups excluding carboxylic acids is 1. The van der Waals surface area contributed by atoms with Gasteiger partial charge in [-0.2, -0.15) is 0 Å². The van der Waals surface area contributed by atoms with Gasteiger partial charge in [-0.05, 0) is 32.0 Å². The number of amides is 1. The molecule has 146 valence electrons. The van der Waals surface area contributed by atoms with Crippen molar-refractivity contribution >= 4 is 22.6 Å². The van der Waals surface area contributed by atoms with Crippen molar-refractivity contribution in [3.8, 4) is 5.75 Å². The highest BCUT2D eigenvalue weighted by Gasteiger charge is 2.29. The van der Waals surface area contributed by atoms with Gasteiger partial charge in [0.1, 0.15) is 11.9 Å². The second-order valence-electron chi connectivity index (χ2n) is 7.10. The number of aryl methyl sites for hydroxylation is 1. The number of hydrogen-bond acceptors (Lipinski definition) is 4. The van der Waals surface area contributed by atoms with Crippen LogP contribution in [0.3, 0.4) is 0 Å². The van der Waals surface area contributed by atoms with Crippen molar-refractivity contribution in [3.63, 3.8) is 0 Å². The second kappa shape index (κ2) is 7.19. The van der Waals surface area contributed by atoms with E-state index in [0.717, 1.165) is 18.0 Å². The van der Waals surface area contributed by atoms with E-state index in [1.807, 2.05) is 24.3 Å². The molecule has 3 aromatic rings. The lowest BCUT2D eigenvalue weighted by molar-refractivity contribution is 0.0680. The highest BCUT2D eigenvalue weighted by atomic mass is 19.1. The molecule has 0 radical (unpaired) electrons. The van der Waals surface area contributed by atoms with Crippen LogP contribution in [0.2, 0.25) is 0 Å². The summed E-state index contributed by atoms with van der Waals surface area (Å²) in [4.78, 5) is 16.8. The van der Waals surface area contributed by atoms with Gasteiger partial charge in [-0.25, -0.2) is 4.39 Å². The minimum Gasteiger partial charge on any atom is -0.485 e. The molecule has 1 aromatic heterocycles. The van der Waals surface area contributed by atoms with E-state index in [1.54, 1.807) is 31.0 Å². The molecule has 0 bridgehead atoms. The van der Waals surface area contributed by atoms with E-state index < -0.39 is 5.82 Å². The number of halogens is 1. The molecule has 2 aromatic carbocycles. The maximum atomic E-state index is 14.0. The molecule has 0 aliphatic carbocycles. The number of hydrogen-bond donors (Lipinski definition) is 0. The van der Waals surface area contributed by atoms with Crippen LogP contribution < -0.4 is 9.64 Å². The summed E-state index contributed by atoms with van der Waals surface area (Å²) in [6.45, 7) is 5.83. The minimum absolute atomic E-state index is 0.122. The first-order valence-corrected chi connectivity index (χ1v) is 9.43. The summed E-state index contributed by atoms with van der Waals surface area (Å²) < 4.78 is 25.7. The molecule has 2 heterocycles. The first-order valence-electron chi connectivity index (χ1n) is 9.43. The molecule has 1 amide bonds. The maximum Gasteiger partial charge on any atom is 0.289 e. The monoisotopic (exact) mass is 382 g/mol. The molecule has 1 aliphatic heterocycles. The van der Waals surface area contributed by atoms with E-state index in [1.165, 1.54) is 6.07 Å². The van der Waals surface area contributed by atoms with Crippen LogP contribution in [-0.2, 0) is 0 Å². The third kappa shape index (κ3) is 3.09. The number of ether oxygens (including phenoxy) is 1. The van der Waals surface area contributed by atoms with Crippen LogP contribution in [0.15, 0.2) is 46.9 Å². The van der Waals surface area contributed by atoms with Crippen molar-refractivity contribution in [2.24, 2.45) is 0 Å². The SMILES string of the molecule is CCN1C[C@H](CN(C)C(=O)c2oc3c(F)cccc3c2C)Oc2ccccc21. The summed E-state index contributed by atoms with van der Waals surface area (Å²) in [7, 11) is 1.71. The van der Waals surface area contributed by atoms with Gasteiger partial charge in [-0.3, -0.25) is 4.79 Å². The zero-order valence-corrected chi connectivity index (χ0v) is 16.2. The number of fused-ring (bicyclic) bond motifs is 2. The predicted molar refractivity (Wildman–Crippen MR) is 107 cm³/mol. The van der Waals surface area contributed by atoms with E-state index in [9.17, 15) is 9.18 Å². The van der Waals surface area contributed by atoms with Crippen LogP contribution in [-0.4, -0.2) is 43.6 Å². The molecule has 28 heavy (non-hydrogen) atoms. The molecule has 0 saturated heterocycles. The lowest BCUT2D eigenvalue weighted by Gasteiger charge is -2.37. The van der Waals surface area contributed by atoms with Gasteiger partial charge in [0.05, 0.1) is 18.8 Å². The second-order valence-corrected chi connectivity index (χ2v) is 7.10. The van der Waals surface area contributed by atoms with Gasteiger partial charge in [0.15, 0.2) is 17.2 Å². The Morgan fingerprint density at radius 3 is 2.79 bits per heavy atom. The molecular weight excluding hydrogens is 359 g/mol. The molecule has 0 saturated carbocycles. The lowest BCUT2D eigenvalue weighted by Crippen LogP contribution is -2.46. The van der Waals surface area contributed by atoms with E-state index >= 15 is 0 Å². The van der Waals surface area contributed by atoms with Crippen molar-refractivity contribution in [1.82, 2.24) is 4.90 Å². The fourth-order valence-electron chi connectivity index (χ4n) is 3.75. The Balaban J connectivity index is 1.54. The van der Waals surface area contributed by atoms with Crippen LogP contribution in [0.1, 0.15) is 23.0 Å². The Bertz CT molecular complexity index is 1030. The van der Waals surface area contributed by atoms with Gasteiger partial charge in [0.2, 0.25) is 0 Å². The first-order chi connectivity index (χ1) is 13.5. The van der Waals surface area contributed by atoms with Crippen LogP contribution in [0.25, 0.3) is 11.0 Å². The third-order valence-corrected chi connectivity index (χ3v) is 5.24. The fraction of sp³-hybridized carbons (Fsp3) is 0.318. The Labute approximate surface area is 163 Å². The molecule has 1 aliphatic rings. The zero-order chi connectivity index (χ0) is 19.8. The van der Waals surface area contributed by atoms with E-state index in [-0.39, 0.29) is 23.4 Å². The maximum absolute atomic E-state index is 14.0. The summed E-state index contributed by atoms with van der Waals surface area (Å²) in [6, 6.07) is 12.6. The summed E-state index contributed by atoms with van der Waals surface area (Å²) in [6.07, 6.45) is -0.162. The molecular formula is C22H23FN2O3. The van der Waals surface area contributed by atoms with Crippen molar-refractivity contribution in [2.45, 2.75) is 20.0 Å². The molecule has 6 heteroatoms. The van der Waals surface area contributed by atoms with Crippen molar-refractivity contribution in [1.29, 1.82) is 0 Å². The Morgan fingerprint density at radius 1 is 1.25 bits per heavy atom. The van der Waals surface area contributed by atoms with Crippen LogP contribution in [0, 0.1) is 12.7 Å². The lowest BCUT2D eigenvalue weighted by atomic mass is 10.1. The van der Waals surface area contributed by atoms with Crippen molar-refractivity contribution < 1.29 is 18.3 Å². The first kappa shape index (κ1) is 18.3. The molecule has 0 unspecified atom stereocenters. The van der Waals surface area contributed by atoms with Gasteiger partial charge < -0.3 is 19.0 Å². The topological polar surface area (TPSA) is 45.9 Å². The number of benzene rings is 2. The number of likely N-dealkylation sites (N-methyl/N-ethyl adjacent to an activating group) is 2. The van der Waals surface area contributed by atoms with E-state index in [0.29, 0.717) is 24.0 Å². The van der Waals surface area contributed by atoms with Gasteiger partial charge in [-0.15, -0.1) is 0 Å². The smallest absolute Gasteiger partial charge is 0.289 e. The number of rotatable bonds is 4. The zero-order valence-electron chi connectivity index (χ0n) is 16.2. The minimum atomic E-state index is -0.465. The number of furan rings is 1. The summed E-state index contributed by atoms with van der Waals surface area (Å²) >= 11 is 0. The van der Waals surface area contributed by atoms with E-state index in [2.05, 4.69) is 11.8 Å². The standard InChI is InChI=1S/C22H23FN2O3/c1-4-25-13-15(27-19-11-6-5-10-18(19)25)12-24(3)22(26)20-14(2)16-8-7-9-17(23)21(16)28-20/h5-11,15H,4,12-13H2,1-3H3/t15-/m0/s1.